The standard InChI is InChI=1S/C30H20S/c1-4-11-21(12-5-1)28(22-13-6-2-7-14-22)25-19-20-26-29-24(25)17-10-18-27(29)31-30(26)23-15-8-3-9-16-23/h1-20H. The first kappa shape index (κ1) is 18.1. The summed E-state index contributed by atoms with van der Waals surface area (Å²) in [5.41, 5.74) is 5.05. The van der Waals surface area contributed by atoms with E-state index in [1.54, 1.807) is 0 Å². The van der Waals surface area contributed by atoms with Gasteiger partial charge in [-0.1, -0.05) is 115 Å². The molecular formula is C30H20S. The molecule has 1 heterocycles. The van der Waals surface area contributed by atoms with Gasteiger partial charge >= 0.3 is 0 Å². The summed E-state index contributed by atoms with van der Waals surface area (Å²) < 4.78 is 1.34. The summed E-state index contributed by atoms with van der Waals surface area (Å²) in [6.45, 7) is 0. The van der Waals surface area contributed by atoms with Gasteiger partial charge in [0.05, 0.1) is 0 Å². The number of hydrogen-bond donors (Lipinski definition) is 0. The van der Waals surface area contributed by atoms with E-state index in [9.17, 15) is 0 Å². The Morgan fingerprint density at radius 3 is 1.74 bits per heavy atom. The van der Waals surface area contributed by atoms with Crippen LogP contribution in [-0.4, -0.2) is 0 Å². The molecule has 0 fully saturated rings. The van der Waals surface area contributed by atoms with Gasteiger partial charge in [-0.2, -0.15) is 0 Å². The molecule has 1 heteroatoms. The first-order valence-electron chi connectivity index (χ1n) is 10.5. The van der Waals surface area contributed by atoms with Crippen LogP contribution in [0.25, 0.3) is 36.9 Å². The van der Waals surface area contributed by atoms with Crippen molar-refractivity contribution in [1.29, 1.82) is 0 Å². The maximum atomic E-state index is 2.31. The van der Waals surface area contributed by atoms with Crippen molar-refractivity contribution >= 4 is 37.8 Å². The quantitative estimate of drug-likeness (QED) is 0.279. The van der Waals surface area contributed by atoms with Gasteiger partial charge in [-0.25, -0.2) is 0 Å². The zero-order chi connectivity index (χ0) is 20.6. The molecule has 0 amide bonds. The van der Waals surface area contributed by atoms with Crippen LogP contribution in [0.15, 0.2) is 121 Å². The van der Waals surface area contributed by atoms with E-state index in [0.29, 0.717) is 0 Å². The Kier molecular flexibility index (Phi) is 4.40. The molecule has 0 N–H and O–H groups in total. The number of hydrogen-bond acceptors (Lipinski definition) is 1. The van der Waals surface area contributed by atoms with Crippen LogP contribution in [0.1, 0.15) is 11.1 Å². The van der Waals surface area contributed by atoms with Gasteiger partial charge in [-0.05, 0) is 38.9 Å². The Morgan fingerprint density at radius 1 is 0.484 bits per heavy atom. The van der Waals surface area contributed by atoms with Crippen molar-refractivity contribution in [2.75, 3.05) is 0 Å². The Labute approximate surface area is 185 Å². The first-order chi connectivity index (χ1) is 15.4. The normalized spacial score (nSPS) is 11.2. The molecular weight excluding hydrogens is 392 g/mol. The zero-order valence-corrected chi connectivity index (χ0v) is 17.8. The summed E-state index contributed by atoms with van der Waals surface area (Å²) in [5.74, 6) is 0. The molecule has 0 aliphatic rings. The predicted molar refractivity (Wildman–Crippen MR) is 134 cm³/mol. The molecule has 0 atom stereocenters. The molecule has 0 saturated heterocycles. The molecule has 146 valence electrons. The van der Waals surface area contributed by atoms with Crippen molar-refractivity contribution < 1.29 is 0 Å². The smallest absolute Gasteiger partial charge is 0.0428 e. The third kappa shape index (κ3) is 3.06. The third-order valence-electron chi connectivity index (χ3n) is 5.89. The van der Waals surface area contributed by atoms with Gasteiger partial charge in [-0.15, -0.1) is 11.3 Å². The average molecular weight is 413 g/mol. The minimum atomic E-state index is 1.24. The highest BCUT2D eigenvalue weighted by Crippen LogP contribution is 2.41. The minimum Gasteiger partial charge on any atom is -0.135 e. The second-order valence-electron chi connectivity index (χ2n) is 7.74. The fraction of sp³-hybridized carbons (Fsp3) is 0. The van der Waals surface area contributed by atoms with Gasteiger partial charge in [0.1, 0.15) is 0 Å². The van der Waals surface area contributed by atoms with E-state index < -0.39 is 0 Å². The van der Waals surface area contributed by atoms with Gasteiger partial charge < -0.3 is 0 Å². The highest BCUT2D eigenvalue weighted by molar-refractivity contribution is 7.23. The summed E-state index contributed by atoms with van der Waals surface area (Å²) in [6, 6.07) is 43.6. The topological polar surface area (TPSA) is 0 Å². The SMILES string of the molecule is c1ccc(C(c2ccccc2)=c2ccc3c(-c4ccccc4)sc4cccc2c43)cc1. The molecule has 1 aromatic heterocycles. The number of thiophene rings is 1. The summed E-state index contributed by atoms with van der Waals surface area (Å²) >= 11 is 1.89. The monoisotopic (exact) mass is 412 g/mol. The molecule has 0 radical (unpaired) electrons. The van der Waals surface area contributed by atoms with Gasteiger partial charge in [-0.3, -0.25) is 0 Å². The molecule has 0 aliphatic carbocycles. The lowest BCUT2D eigenvalue weighted by atomic mass is 9.92. The lowest BCUT2D eigenvalue weighted by Crippen LogP contribution is -2.09. The van der Waals surface area contributed by atoms with Crippen LogP contribution in [-0.2, 0) is 0 Å². The van der Waals surface area contributed by atoms with E-state index in [1.807, 2.05) is 11.3 Å². The van der Waals surface area contributed by atoms with E-state index in [-0.39, 0.29) is 0 Å². The van der Waals surface area contributed by atoms with Crippen molar-refractivity contribution in [3.8, 4) is 10.4 Å². The molecule has 0 nitrogen and oxygen atoms in total. The highest BCUT2D eigenvalue weighted by Gasteiger charge is 2.15. The predicted octanol–water partition coefficient (Wildman–Crippen LogP) is 7.69. The van der Waals surface area contributed by atoms with Crippen molar-refractivity contribution in [2.24, 2.45) is 0 Å². The van der Waals surface area contributed by atoms with Crippen molar-refractivity contribution in [2.45, 2.75) is 0 Å². The van der Waals surface area contributed by atoms with Crippen LogP contribution in [0, 0.1) is 0 Å². The molecule has 5 aromatic carbocycles. The van der Waals surface area contributed by atoms with Crippen molar-refractivity contribution in [3.63, 3.8) is 0 Å². The van der Waals surface area contributed by atoms with Crippen LogP contribution in [0.2, 0.25) is 0 Å². The average Bonchev–Trinajstić information content (AvgIpc) is 3.23. The Hall–Kier alpha value is -3.68. The largest absolute Gasteiger partial charge is 0.135 e. The van der Waals surface area contributed by atoms with Crippen molar-refractivity contribution in [1.82, 2.24) is 0 Å². The maximum absolute atomic E-state index is 2.31. The number of rotatable bonds is 3. The molecule has 0 saturated carbocycles. The summed E-state index contributed by atoms with van der Waals surface area (Å²) in [7, 11) is 0. The van der Waals surface area contributed by atoms with Crippen LogP contribution >= 0.6 is 11.3 Å². The van der Waals surface area contributed by atoms with Crippen LogP contribution < -0.4 is 5.22 Å². The zero-order valence-electron chi connectivity index (χ0n) is 17.0. The van der Waals surface area contributed by atoms with Crippen LogP contribution in [0.4, 0.5) is 0 Å². The molecule has 0 spiro atoms. The van der Waals surface area contributed by atoms with E-state index in [1.165, 1.54) is 53.2 Å². The van der Waals surface area contributed by atoms with Gasteiger partial charge in [0, 0.05) is 20.3 Å². The Balaban J connectivity index is 1.76. The molecule has 31 heavy (non-hydrogen) atoms. The lowest BCUT2D eigenvalue weighted by molar-refractivity contribution is 1.51. The second kappa shape index (κ2) is 7.54. The van der Waals surface area contributed by atoms with Gasteiger partial charge in [0.15, 0.2) is 0 Å². The van der Waals surface area contributed by atoms with Crippen molar-refractivity contribution in [3.05, 3.63) is 138 Å². The summed E-state index contributed by atoms with van der Waals surface area (Å²) in [5, 5.41) is 5.31. The second-order valence-corrected chi connectivity index (χ2v) is 8.80. The molecule has 0 unspecified atom stereocenters. The van der Waals surface area contributed by atoms with Crippen LogP contribution in [0.5, 0.6) is 0 Å². The van der Waals surface area contributed by atoms with E-state index in [2.05, 4.69) is 121 Å². The lowest BCUT2D eigenvalue weighted by Gasteiger charge is -2.11. The molecule has 6 rings (SSSR count). The Morgan fingerprint density at radius 2 is 1.10 bits per heavy atom. The molecule has 0 aliphatic heterocycles. The highest BCUT2D eigenvalue weighted by atomic mass is 32.1. The van der Waals surface area contributed by atoms with Gasteiger partial charge in [0.25, 0.3) is 0 Å². The van der Waals surface area contributed by atoms with E-state index in [4.69, 9.17) is 0 Å². The third-order valence-corrected chi connectivity index (χ3v) is 7.11. The first-order valence-corrected chi connectivity index (χ1v) is 11.4. The van der Waals surface area contributed by atoms with Crippen LogP contribution in [0.3, 0.4) is 0 Å². The van der Waals surface area contributed by atoms with E-state index >= 15 is 0 Å². The Bertz CT molecular complexity index is 1500. The fourth-order valence-electron chi connectivity index (χ4n) is 4.52. The fourth-order valence-corrected chi connectivity index (χ4v) is 5.74. The summed E-state index contributed by atoms with van der Waals surface area (Å²) in [4.78, 5) is 1.35. The summed E-state index contributed by atoms with van der Waals surface area (Å²) in [6.07, 6.45) is 0. The molecule has 6 aromatic rings. The minimum absolute atomic E-state index is 1.24. The van der Waals surface area contributed by atoms with Gasteiger partial charge in [0.2, 0.25) is 0 Å². The molecule has 0 bridgehead atoms. The maximum Gasteiger partial charge on any atom is 0.0428 e. The van der Waals surface area contributed by atoms with E-state index in [0.717, 1.165) is 0 Å². The number of benzene rings is 5.